The number of hydrogen-bond donors (Lipinski definition) is 2. The van der Waals surface area contributed by atoms with E-state index >= 15 is 0 Å². The fraction of sp³-hybridized carbons (Fsp3) is 0.517. The number of fused-ring (bicyclic) bond motifs is 1. The number of hydrogen-bond acceptors (Lipinski definition) is 5. The maximum Gasteiger partial charge on any atom is 0.338 e. The highest BCUT2D eigenvalue weighted by Crippen LogP contribution is 2.47. The molecule has 6 nitrogen and oxygen atoms in total. The molecule has 1 heterocycles. The zero-order valence-corrected chi connectivity index (χ0v) is 21.5. The molecule has 2 N–H and O–H groups in total. The van der Waals surface area contributed by atoms with Crippen molar-refractivity contribution in [3.63, 3.8) is 0 Å². The number of benzene rings is 2. The van der Waals surface area contributed by atoms with Crippen LogP contribution in [0.5, 0.6) is 5.75 Å². The van der Waals surface area contributed by atoms with Crippen LogP contribution in [0.25, 0.3) is 0 Å². The number of aliphatic hydroxyl groups is 1. The molecule has 194 valence electrons. The predicted molar refractivity (Wildman–Crippen MR) is 135 cm³/mol. The number of rotatable bonds is 8. The lowest BCUT2D eigenvalue weighted by Gasteiger charge is -2.47. The molecule has 0 spiro atoms. The summed E-state index contributed by atoms with van der Waals surface area (Å²) in [5.74, 6) is -1.25. The van der Waals surface area contributed by atoms with Crippen molar-refractivity contribution in [2.24, 2.45) is 17.3 Å². The summed E-state index contributed by atoms with van der Waals surface area (Å²) >= 11 is 0. The molecule has 0 saturated heterocycles. The lowest BCUT2D eigenvalue weighted by atomic mass is 9.61. The molecule has 1 aliphatic carbocycles. The van der Waals surface area contributed by atoms with Gasteiger partial charge in [-0.2, -0.15) is 0 Å². The SMILES string of the molecule is COc1ccc(F)cc1CC(C)(C)C(C)C(O)(C(=O)Nc1ccc2c(c1)COC2=O)C1CCCCC1. The van der Waals surface area contributed by atoms with Crippen molar-refractivity contribution in [2.75, 3.05) is 12.4 Å². The van der Waals surface area contributed by atoms with Crippen LogP contribution in [0.2, 0.25) is 0 Å². The van der Waals surface area contributed by atoms with Gasteiger partial charge in [0.05, 0.1) is 12.7 Å². The van der Waals surface area contributed by atoms with Gasteiger partial charge in [0.25, 0.3) is 5.91 Å². The van der Waals surface area contributed by atoms with Crippen LogP contribution in [0, 0.1) is 23.1 Å². The Morgan fingerprint density at radius 2 is 1.92 bits per heavy atom. The minimum Gasteiger partial charge on any atom is -0.496 e. The van der Waals surface area contributed by atoms with Crippen LogP contribution in [0.3, 0.4) is 0 Å². The van der Waals surface area contributed by atoms with E-state index in [0.717, 1.165) is 32.1 Å². The molecule has 36 heavy (non-hydrogen) atoms. The fourth-order valence-corrected chi connectivity index (χ4v) is 5.85. The molecule has 2 atom stereocenters. The summed E-state index contributed by atoms with van der Waals surface area (Å²) in [4.78, 5) is 25.7. The van der Waals surface area contributed by atoms with Crippen molar-refractivity contribution in [3.05, 3.63) is 58.9 Å². The van der Waals surface area contributed by atoms with Crippen molar-refractivity contribution in [1.29, 1.82) is 0 Å². The van der Waals surface area contributed by atoms with E-state index in [1.807, 2.05) is 20.8 Å². The number of halogens is 1. The molecule has 1 aliphatic heterocycles. The fourth-order valence-electron chi connectivity index (χ4n) is 5.85. The minimum atomic E-state index is -1.64. The number of amides is 1. The number of cyclic esters (lactones) is 1. The Bertz CT molecular complexity index is 1140. The van der Waals surface area contributed by atoms with Crippen LogP contribution in [0.4, 0.5) is 10.1 Å². The third kappa shape index (κ3) is 4.99. The van der Waals surface area contributed by atoms with Gasteiger partial charge in [0.2, 0.25) is 0 Å². The number of nitrogens with one attached hydrogen (secondary N) is 1. The van der Waals surface area contributed by atoms with Gasteiger partial charge < -0.3 is 19.9 Å². The van der Waals surface area contributed by atoms with Crippen molar-refractivity contribution in [1.82, 2.24) is 0 Å². The highest BCUT2D eigenvalue weighted by molar-refractivity contribution is 5.99. The Hall–Kier alpha value is -2.93. The maximum absolute atomic E-state index is 14.1. The van der Waals surface area contributed by atoms with Crippen molar-refractivity contribution >= 4 is 17.6 Å². The van der Waals surface area contributed by atoms with Crippen molar-refractivity contribution < 1.29 is 28.6 Å². The van der Waals surface area contributed by atoms with E-state index < -0.39 is 22.8 Å². The van der Waals surface area contributed by atoms with Gasteiger partial charge in [0.15, 0.2) is 0 Å². The summed E-state index contributed by atoms with van der Waals surface area (Å²) in [5, 5.41) is 15.2. The van der Waals surface area contributed by atoms with Crippen LogP contribution < -0.4 is 10.1 Å². The summed E-state index contributed by atoms with van der Waals surface area (Å²) in [6.45, 7) is 6.09. The topological polar surface area (TPSA) is 84.9 Å². The molecule has 2 aliphatic rings. The molecule has 0 bridgehead atoms. The maximum atomic E-state index is 14.1. The minimum absolute atomic E-state index is 0.170. The van der Waals surface area contributed by atoms with Crippen LogP contribution in [-0.2, 0) is 22.6 Å². The van der Waals surface area contributed by atoms with E-state index in [9.17, 15) is 19.1 Å². The van der Waals surface area contributed by atoms with E-state index in [1.165, 1.54) is 12.1 Å². The third-order valence-corrected chi connectivity index (χ3v) is 8.25. The molecular formula is C29H36FNO5. The quantitative estimate of drug-likeness (QED) is 0.460. The highest BCUT2D eigenvalue weighted by Gasteiger charge is 2.53. The molecule has 4 rings (SSSR count). The summed E-state index contributed by atoms with van der Waals surface area (Å²) in [6.07, 6.45) is 4.97. The van der Waals surface area contributed by atoms with E-state index in [-0.39, 0.29) is 24.3 Å². The highest BCUT2D eigenvalue weighted by atomic mass is 19.1. The number of ether oxygens (including phenoxy) is 2. The molecule has 2 unspecified atom stereocenters. The first-order chi connectivity index (χ1) is 17.1. The van der Waals surface area contributed by atoms with Crippen LogP contribution in [0.1, 0.15) is 74.4 Å². The summed E-state index contributed by atoms with van der Waals surface area (Å²) in [5.41, 5.74) is 0.213. The second-order valence-electron chi connectivity index (χ2n) is 10.9. The Kier molecular flexibility index (Phi) is 7.41. The van der Waals surface area contributed by atoms with Gasteiger partial charge in [-0.15, -0.1) is 0 Å². The number of methoxy groups -OCH3 is 1. The van der Waals surface area contributed by atoms with Crippen LogP contribution >= 0.6 is 0 Å². The first-order valence-electron chi connectivity index (χ1n) is 12.7. The largest absolute Gasteiger partial charge is 0.496 e. The monoisotopic (exact) mass is 497 g/mol. The van der Waals surface area contributed by atoms with Gasteiger partial charge in [-0.1, -0.05) is 40.0 Å². The van der Waals surface area contributed by atoms with E-state index in [0.29, 0.717) is 34.5 Å². The van der Waals surface area contributed by atoms with Gasteiger partial charge in [0.1, 0.15) is 23.8 Å². The van der Waals surface area contributed by atoms with E-state index in [1.54, 1.807) is 31.4 Å². The van der Waals surface area contributed by atoms with E-state index in [4.69, 9.17) is 9.47 Å². The Morgan fingerprint density at radius 3 is 2.61 bits per heavy atom. The van der Waals surface area contributed by atoms with Crippen molar-refractivity contribution in [2.45, 2.75) is 71.5 Å². The number of anilines is 1. The normalized spacial score (nSPS) is 18.7. The average molecular weight is 498 g/mol. The summed E-state index contributed by atoms with van der Waals surface area (Å²) < 4.78 is 24.6. The predicted octanol–water partition coefficient (Wildman–Crippen LogP) is 5.66. The second-order valence-corrected chi connectivity index (χ2v) is 10.9. The molecule has 2 aromatic rings. The average Bonchev–Trinajstić information content (AvgIpc) is 3.23. The van der Waals surface area contributed by atoms with Crippen LogP contribution in [0.15, 0.2) is 36.4 Å². The molecule has 1 amide bonds. The molecule has 1 fully saturated rings. The zero-order valence-electron chi connectivity index (χ0n) is 21.5. The first kappa shape index (κ1) is 26.1. The molecule has 0 radical (unpaired) electrons. The Morgan fingerprint density at radius 1 is 1.19 bits per heavy atom. The van der Waals surface area contributed by atoms with Gasteiger partial charge in [0, 0.05) is 11.3 Å². The number of carbonyl (C=O) groups excluding carboxylic acids is 2. The second kappa shape index (κ2) is 10.2. The first-order valence-corrected chi connectivity index (χ1v) is 12.7. The standard InChI is InChI=1S/C29H36FNO5/c1-18(28(2,3)16-19-14-22(30)10-13-25(19)35-4)29(34,21-8-6-5-7-9-21)27(33)31-23-11-12-24-20(15-23)17-36-26(24)32/h10-15,18,21,34H,5-9,16-17H2,1-4H3,(H,31,33). The number of carbonyl (C=O) groups is 2. The zero-order chi connectivity index (χ0) is 26.1. The van der Waals surface area contributed by atoms with Crippen LogP contribution in [-0.4, -0.2) is 29.7 Å². The lowest BCUT2D eigenvalue weighted by molar-refractivity contribution is -0.158. The van der Waals surface area contributed by atoms with Gasteiger partial charge >= 0.3 is 5.97 Å². The number of esters is 1. The molecule has 0 aromatic heterocycles. The molecule has 7 heteroatoms. The van der Waals surface area contributed by atoms with E-state index in [2.05, 4.69) is 5.32 Å². The lowest BCUT2D eigenvalue weighted by Crippen LogP contribution is -2.58. The summed E-state index contributed by atoms with van der Waals surface area (Å²) in [6, 6.07) is 9.46. The molecule has 2 aromatic carbocycles. The van der Waals surface area contributed by atoms with Crippen molar-refractivity contribution in [3.8, 4) is 5.75 Å². The van der Waals surface area contributed by atoms with Gasteiger partial charge in [-0.05, 0) is 78.5 Å². The Labute approximate surface area is 212 Å². The summed E-state index contributed by atoms with van der Waals surface area (Å²) in [7, 11) is 1.55. The van der Waals surface area contributed by atoms with Gasteiger partial charge in [-0.25, -0.2) is 9.18 Å². The Balaban J connectivity index is 1.64. The molecular weight excluding hydrogens is 461 g/mol. The third-order valence-electron chi connectivity index (χ3n) is 8.25. The smallest absolute Gasteiger partial charge is 0.338 e. The molecule has 1 saturated carbocycles. The van der Waals surface area contributed by atoms with Gasteiger partial charge in [-0.3, -0.25) is 4.79 Å².